The van der Waals surface area contributed by atoms with Gasteiger partial charge in [-0.1, -0.05) is 19.3 Å². The first-order chi connectivity index (χ1) is 5.77. The van der Waals surface area contributed by atoms with Crippen LogP contribution in [0.1, 0.15) is 32.1 Å². The van der Waals surface area contributed by atoms with E-state index in [1.807, 2.05) is 0 Å². The molecule has 0 aliphatic rings. The normalized spacial score (nSPS) is 11.0. The summed E-state index contributed by atoms with van der Waals surface area (Å²) < 4.78 is 0. The quantitative estimate of drug-likeness (QED) is 0.300. The lowest BCUT2D eigenvalue weighted by molar-refractivity contribution is 0.512. The number of unbranched alkanes of at least 4 members (excludes halogenated alkanes) is 4. The summed E-state index contributed by atoms with van der Waals surface area (Å²) in [6.45, 7) is 1.73. The van der Waals surface area contributed by atoms with Gasteiger partial charge in [0.2, 0.25) is 0 Å². The highest BCUT2D eigenvalue weighted by Gasteiger charge is 1.92. The van der Waals surface area contributed by atoms with Crippen molar-refractivity contribution < 1.29 is 0 Å². The molecule has 7 N–H and O–H groups in total. The van der Waals surface area contributed by atoms with Gasteiger partial charge in [0.25, 0.3) is 0 Å². The second kappa shape index (κ2) is 8.93. The van der Waals surface area contributed by atoms with Gasteiger partial charge in [-0.3, -0.25) is 5.32 Å². The van der Waals surface area contributed by atoms with E-state index < -0.39 is 0 Å². The van der Waals surface area contributed by atoms with Crippen LogP contribution in [0.5, 0.6) is 0 Å². The van der Waals surface area contributed by atoms with Crippen LogP contribution < -0.4 is 22.5 Å². The van der Waals surface area contributed by atoms with E-state index in [-0.39, 0.29) is 6.29 Å². The van der Waals surface area contributed by atoms with Crippen molar-refractivity contribution in [2.24, 2.45) is 17.2 Å². The molecule has 0 unspecified atom stereocenters. The van der Waals surface area contributed by atoms with Crippen LogP contribution in [-0.2, 0) is 0 Å². The average molecular weight is 174 g/mol. The van der Waals surface area contributed by atoms with Crippen LogP contribution in [0.4, 0.5) is 0 Å². The van der Waals surface area contributed by atoms with Crippen LogP contribution in [0.25, 0.3) is 0 Å². The predicted octanol–water partition coefficient (Wildman–Crippen LogP) is -0.314. The van der Waals surface area contributed by atoms with E-state index in [4.69, 9.17) is 17.2 Å². The van der Waals surface area contributed by atoms with Crippen LogP contribution in [0.2, 0.25) is 0 Å². The lowest BCUT2D eigenvalue weighted by Crippen LogP contribution is -2.45. The summed E-state index contributed by atoms with van der Waals surface area (Å²) in [7, 11) is 0. The van der Waals surface area contributed by atoms with Crippen molar-refractivity contribution in [3.8, 4) is 0 Å². The Morgan fingerprint density at radius 2 is 1.50 bits per heavy atom. The summed E-state index contributed by atoms with van der Waals surface area (Å²) in [6, 6.07) is 0. The van der Waals surface area contributed by atoms with Crippen molar-refractivity contribution in [3.63, 3.8) is 0 Å². The van der Waals surface area contributed by atoms with E-state index in [1.54, 1.807) is 0 Å². The van der Waals surface area contributed by atoms with Crippen molar-refractivity contribution in [3.05, 3.63) is 0 Å². The number of nitrogens with two attached hydrogens (primary N) is 3. The van der Waals surface area contributed by atoms with Crippen LogP contribution in [0.15, 0.2) is 0 Å². The summed E-state index contributed by atoms with van der Waals surface area (Å²) in [6.07, 6.45) is 5.66. The minimum atomic E-state index is -0.367. The fourth-order valence-corrected chi connectivity index (χ4v) is 1.07. The molecule has 0 saturated carbocycles. The highest BCUT2D eigenvalue weighted by atomic mass is 15.1. The molecule has 0 aromatic carbocycles. The van der Waals surface area contributed by atoms with Gasteiger partial charge in [-0.05, 0) is 25.9 Å². The van der Waals surface area contributed by atoms with Crippen LogP contribution in [0.3, 0.4) is 0 Å². The van der Waals surface area contributed by atoms with Gasteiger partial charge in [0.15, 0.2) is 0 Å². The van der Waals surface area contributed by atoms with E-state index in [9.17, 15) is 0 Å². The topological polar surface area (TPSA) is 90.1 Å². The van der Waals surface area contributed by atoms with Gasteiger partial charge >= 0.3 is 0 Å². The van der Waals surface area contributed by atoms with Crippen LogP contribution in [-0.4, -0.2) is 19.4 Å². The Labute approximate surface area is 74.9 Å². The van der Waals surface area contributed by atoms with Crippen LogP contribution in [0, 0.1) is 0 Å². The number of hydrogen-bond donors (Lipinski definition) is 4. The molecule has 0 rings (SSSR count). The maximum absolute atomic E-state index is 5.36. The predicted molar refractivity (Wildman–Crippen MR) is 52.3 cm³/mol. The molecule has 0 saturated heterocycles. The molecule has 0 spiro atoms. The van der Waals surface area contributed by atoms with E-state index in [0.717, 1.165) is 25.9 Å². The van der Waals surface area contributed by atoms with Crippen LogP contribution >= 0.6 is 0 Å². The van der Waals surface area contributed by atoms with Crippen molar-refractivity contribution in [1.29, 1.82) is 0 Å². The number of nitrogens with one attached hydrogen (secondary N) is 1. The molecule has 74 valence electrons. The third-order valence-corrected chi connectivity index (χ3v) is 1.76. The van der Waals surface area contributed by atoms with Gasteiger partial charge in [0.05, 0.1) is 0 Å². The molecule has 0 aliphatic heterocycles. The number of hydrogen-bond acceptors (Lipinski definition) is 4. The molecule has 0 fully saturated rings. The molecule has 0 heterocycles. The molecule has 0 atom stereocenters. The average Bonchev–Trinajstić information content (AvgIpc) is 2.02. The molecule has 0 bridgehead atoms. The Morgan fingerprint density at radius 1 is 0.917 bits per heavy atom. The van der Waals surface area contributed by atoms with Gasteiger partial charge in [0, 0.05) is 0 Å². The monoisotopic (exact) mass is 174 g/mol. The maximum Gasteiger partial charge on any atom is 0.106 e. The molecule has 0 amide bonds. The van der Waals surface area contributed by atoms with E-state index in [1.165, 1.54) is 19.3 Å². The molecule has 12 heavy (non-hydrogen) atoms. The Hall–Kier alpha value is -0.160. The largest absolute Gasteiger partial charge is 0.330 e. The van der Waals surface area contributed by atoms with Crippen molar-refractivity contribution in [2.75, 3.05) is 13.1 Å². The standard InChI is InChI=1S/C8H22N4/c9-6-4-2-1-3-5-7-12-8(10)11/h8,12H,1-7,9-11H2. The molecule has 4 nitrogen and oxygen atoms in total. The first-order valence-corrected chi connectivity index (χ1v) is 4.72. The van der Waals surface area contributed by atoms with Crippen molar-refractivity contribution >= 4 is 0 Å². The zero-order valence-corrected chi connectivity index (χ0v) is 7.76. The summed E-state index contributed by atoms with van der Waals surface area (Å²) in [5, 5.41) is 2.97. The molecule has 0 aromatic rings. The second-order valence-electron chi connectivity index (χ2n) is 3.04. The van der Waals surface area contributed by atoms with Crippen molar-refractivity contribution in [2.45, 2.75) is 38.4 Å². The minimum Gasteiger partial charge on any atom is -0.330 e. The third-order valence-electron chi connectivity index (χ3n) is 1.76. The lowest BCUT2D eigenvalue weighted by atomic mass is 10.1. The van der Waals surface area contributed by atoms with Gasteiger partial charge in [0.1, 0.15) is 6.29 Å². The molecule has 0 aliphatic carbocycles. The minimum absolute atomic E-state index is 0.367. The van der Waals surface area contributed by atoms with E-state index >= 15 is 0 Å². The molecular formula is C8H22N4. The Morgan fingerprint density at radius 3 is 2.08 bits per heavy atom. The Kier molecular flexibility index (Phi) is 8.81. The smallest absolute Gasteiger partial charge is 0.106 e. The second-order valence-corrected chi connectivity index (χ2v) is 3.04. The fourth-order valence-electron chi connectivity index (χ4n) is 1.07. The van der Waals surface area contributed by atoms with Gasteiger partial charge in [-0.25, -0.2) is 0 Å². The molecule has 0 aromatic heterocycles. The highest BCUT2D eigenvalue weighted by Crippen LogP contribution is 2.00. The summed E-state index contributed by atoms with van der Waals surface area (Å²) in [5.74, 6) is 0. The fraction of sp³-hybridized carbons (Fsp3) is 1.00. The molecular weight excluding hydrogens is 152 g/mol. The summed E-state index contributed by atoms with van der Waals surface area (Å²) in [5.41, 5.74) is 16.0. The maximum atomic E-state index is 5.36. The first-order valence-electron chi connectivity index (χ1n) is 4.72. The molecule has 0 radical (unpaired) electrons. The highest BCUT2D eigenvalue weighted by molar-refractivity contribution is 4.51. The van der Waals surface area contributed by atoms with Gasteiger partial charge < -0.3 is 17.2 Å². The number of rotatable bonds is 8. The Bertz CT molecular complexity index is 85.1. The summed E-state index contributed by atoms with van der Waals surface area (Å²) >= 11 is 0. The Balaban J connectivity index is 2.82. The zero-order valence-electron chi connectivity index (χ0n) is 7.76. The SMILES string of the molecule is NCCCCCCCNC(N)N. The van der Waals surface area contributed by atoms with E-state index in [2.05, 4.69) is 5.32 Å². The van der Waals surface area contributed by atoms with Crippen molar-refractivity contribution in [1.82, 2.24) is 5.32 Å². The van der Waals surface area contributed by atoms with E-state index in [0.29, 0.717) is 0 Å². The molecule has 4 heteroatoms. The van der Waals surface area contributed by atoms with Gasteiger partial charge in [-0.2, -0.15) is 0 Å². The van der Waals surface area contributed by atoms with Gasteiger partial charge in [-0.15, -0.1) is 0 Å². The third kappa shape index (κ3) is 9.84. The first kappa shape index (κ1) is 11.8. The zero-order chi connectivity index (χ0) is 9.23. The lowest BCUT2D eigenvalue weighted by Gasteiger charge is -2.07. The summed E-state index contributed by atoms with van der Waals surface area (Å²) in [4.78, 5) is 0.